The average molecular weight is 406 g/mol. The zero-order valence-electron chi connectivity index (χ0n) is 17.5. The fourth-order valence-corrected chi connectivity index (χ4v) is 3.62. The van der Waals surface area contributed by atoms with Gasteiger partial charge < -0.3 is 14.8 Å². The van der Waals surface area contributed by atoms with E-state index in [4.69, 9.17) is 9.47 Å². The first kappa shape index (κ1) is 20.0. The summed E-state index contributed by atoms with van der Waals surface area (Å²) in [6.45, 7) is 5.90. The molecule has 1 aliphatic rings. The average Bonchev–Trinajstić information content (AvgIpc) is 3.02. The third-order valence-electron chi connectivity index (χ3n) is 5.03. The lowest BCUT2D eigenvalue weighted by molar-refractivity contribution is -0.117. The highest BCUT2D eigenvalue weighted by Gasteiger charge is 2.17. The number of carbonyl (C=O) groups excluding carboxylic acids is 1. The first-order chi connectivity index (χ1) is 14.5. The zero-order chi connectivity index (χ0) is 21.1. The molecule has 156 valence electrons. The number of hydrogen-bond donors (Lipinski definition) is 1. The Labute approximate surface area is 176 Å². The maximum absolute atomic E-state index is 12.7. The van der Waals surface area contributed by atoms with E-state index in [9.17, 15) is 4.79 Å². The van der Waals surface area contributed by atoms with Gasteiger partial charge in [-0.25, -0.2) is 4.68 Å². The Bertz CT molecular complexity index is 1050. The van der Waals surface area contributed by atoms with Crippen LogP contribution in [0.3, 0.4) is 0 Å². The van der Waals surface area contributed by atoms with Crippen molar-refractivity contribution in [1.29, 1.82) is 0 Å². The minimum Gasteiger partial charge on any atom is -0.486 e. The molecule has 1 N–H and O–H groups in total. The van der Waals surface area contributed by atoms with Gasteiger partial charge >= 0.3 is 0 Å². The van der Waals surface area contributed by atoms with Gasteiger partial charge in [-0.1, -0.05) is 24.3 Å². The Kier molecular flexibility index (Phi) is 5.72. The Morgan fingerprint density at radius 2 is 1.83 bits per heavy atom. The lowest BCUT2D eigenvalue weighted by atomic mass is 10.2. The number of nitrogens with one attached hydrogen (secondary N) is 1. The van der Waals surface area contributed by atoms with Gasteiger partial charge in [-0.3, -0.25) is 9.69 Å². The molecule has 2 heterocycles. The van der Waals surface area contributed by atoms with E-state index in [1.165, 1.54) is 0 Å². The molecule has 0 aliphatic carbocycles. The van der Waals surface area contributed by atoms with Crippen molar-refractivity contribution in [3.63, 3.8) is 0 Å². The third-order valence-corrected chi connectivity index (χ3v) is 5.03. The van der Waals surface area contributed by atoms with Gasteiger partial charge in [0, 0.05) is 6.54 Å². The molecular formula is C23H26N4O3. The van der Waals surface area contributed by atoms with E-state index in [2.05, 4.69) is 10.4 Å². The number of benzene rings is 2. The van der Waals surface area contributed by atoms with Crippen LogP contribution in [0.15, 0.2) is 48.5 Å². The van der Waals surface area contributed by atoms with E-state index in [0.29, 0.717) is 19.8 Å². The molecule has 0 atom stereocenters. The van der Waals surface area contributed by atoms with Crippen molar-refractivity contribution in [2.75, 3.05) is 32.1 Å². The Morgan fingerprint density at radius 3 is 2.60 bits per heavy atom. The predicted molar refractivity (Wildman–Crippen MR) is 115 cm³/mol. The molecule has 7 nitrogen and oxygen atoms in total. The van der Waals surface area contributed by atoms with Crippen molar-refractivity contribution >= 4 is 11.6 Å². The number of carbonyl (C=O) groups is 1. The summed E-state index contributed by atoms with van der Waals surface area (Å²) in [7, 11) is 1.92. The number of likely N-dealkylation sites (N-methyl/N-ethyl adjacent to an activating group) is 1. The Balaban J connectivity index is 1.39. The normalized spacial score (nSPS) is 12.8. The van der Waals surface area contributed by atoms with Crippen molar-refractivity contribution in [3.8, 4) is 17.2 Å². The summed E-state index contributed by atoms with van der Waals surface area (Å²) in [5, 5.41) is 7.61. The lowest BCUT2D eigenvalue weighted by Gasteiger charge is -2.21. The molecule has 0 saturated heterocycles. The second-order valence-corrected chi connectivity index (χ2v) is 7.49. The molecule has 30 heavy (non-hydrogen) atoms. The van der Waals surface area contributed by atoms with Crippen molar-refractivity contribution in [3.05, 3.63) is 65.5 Å². The molecular weight excluding hydrogens is 380 g/mol. The van der Waals surface area contributed by atoms with E-state index in [0.717, 1.165) is 39.8 Å². The van der Waals surface area contributed by atoms with Crippen LogP contribution in [0, 0.1) is 13.8 Å². The predicted octanol–water partition coefficient (Wildman–Crippen LogP) is 3.33. The molecule has 0 fully saturated rings. The molecule has 0 unspecified atom stereocenters. The fourth-order valence-electron chi connectivity index (χ4n) is 3.62. The van der Waals surface area contributed by atoms with E-state index >= 15 is 0 Å². The van der Waals surface area contributed by atoms with Crippen LogP contribution in [0.1, 0.15) is 17.0 Å². The molecule has 0 radical (unpaired) electrons. The molecule has 3 aromatic rings. The number of amides is 1. The summed E-state index contributed by atoms with van der Waals surface area (Å²) in [5.74, 6) is 1.46. The van der Waals surface area contributed by atoms with E-state index in [1.807, 2.05) is 79.0 Å². The zero-order valence-corrected chi connectivity index (χ0v) is 17.5. The summed E-state index contributed by atoms with van der Waals surface area (Å²) in [6, 6.07) is 15.8. The SMILES string of the molecule is Cc1nn(-c2ccccc2)c(C)c1NC(=O)CN(C)Cc1ccc2c(c1)OCCO2. The standard InChI is InChI=1S/C23H26N4O3/c1-16-23(17(2)27(25-16)19-7-5-4-6-8-19)24-22(28)15-26(3)14-18-9-10-20-21(13-18)30-12-11-29-20/h4-10,13H,11-12,14-15H2,1-3H3,(H,24,28). The van der Waals surface area contributed by atoms with Gasteiger partial charge in [0.15, 0.2) is 11.5 Å². The minimum atomic E-state index is -0.0751. The number of para-hydroxylation sites is 1. The first-order valence-electron chi connectivity index (χ1n) is 10.00. The van der Waals surface area contributed by atoms with Crippen molar-refractivity contribution in [2.45, 2.75) is 20.4 Å². The molecule has 0 saturated carbocycles. The molecule has 7 heteroatoms. The highest BCUT2D eigenvalue weighted by Crippen LogP contribution is 2.31. The van der Waals surface area contributed by atoms with Crippen molar-refractivity contribution in [2.24, 2.45) is 0 Å². The topological polar surface area (TPSA) is 68.6 Å². The van der Waals surface area contributed by atoms with Crippen LogP contribution in [0.4, 0.5) is 5.69 Å². The van der Waals surface area contributed by atoms with E-state index in [1.54, 1.807) is 0 Å². The molecule has 1 aliphatic heterocycles. The summed E-state index contributed by atoms with van der Waals surface area (Å²) in [4.78, 5) is 14.6. The number of rotatable bonds is 6. The maximum Gasteiger partial charge on any atom is 0.238 e. The minimum absolute atomic E-state index is 0.0751. The molecule has 0 spiro atoms. The second kappa shape index (κ2) is 8.59. The smallest absolute Gasteiger partial charge is 0.238 e. The van der Waals surface area contributed by atoms with Gasteiger partial charge in [0.2, 0.25) is 5.91 Å². The van der Waals surface area contributed by atoms with Gasteiger partial charge in [0.1, 0.15) is 13.2 Å². The van der Waals surface area contributed by atoms with E-state index in [-0.39, 0.29) is 12.5 Å². The van der Waals surface area contributed by atoms with Gasteiger partial charge in [-0.2, -0.15) is 5.10 Å². The Hall–Kier alpha value is -3.32. The summed E-state index contributed by atoms with van der Waals surface area (Å²) >= 11 is 0. The van der Waals surface area contributed by atoms with Crippen LogP contribution >= 0.6 is 0 Å². The number of hydrogen-bond acceptors (Lipinski definition) is 5. The maximum atomic E-state index is 12.7. The Morgan fingerprint density at radius 1 is 1.10 bits per heavy atom. The molecule has 4 rings (SSSR count). The number of aromatic nitrogens is 2. The van der Waals surface area contributed by atoms with Crippen LogP contribution in [0.5, 0.6) is 11.5 Å². The number of ether oxygens (including phenoxy) is 2. The largest absolute Gasteiger partial charge is 0.486 e. The van der Waals surface area contributed by atoms with Crippen LogP contribution < -0.4 is 14.8 Å². The van der Waals surface area contributed by atoms with E-state index < -0.39 is 0 Å². The number of aryl methyl sites for hydroxylation is 1. The monoisotopic (exact) mass is 406 g/mol. The van der Waals surface area contributed by atoms with Crippen molar-refractivity contribution < 1.29 is 14.3 Å². The fraction of sp³-hybridized carbons (Fsp3) is 0.304. The van der Waals surface area contributed by atoms with Crippen LogP contribution in [-0.2, 0) is 11.3 Å². The summed E-state index contributed by atoms with van der Waals surface area (Å²) in [5.41, 5.74) is 4.49. The lowest BCUT2D eigenvalue weighted by Crippen LogP contribution is -2.30. The molecule has 0 bridgehead atoms. The van der Waals surface area contributed by atoms with Crippen LogP contribution in [0.2, 0.25) is 0 Å². The van der Waals surface area contributed by atoms with Gasteiger partial charge in [-0.05, 0) is 50.7 Å². The molecule has 1 amide bonds. The quantitative estimate of drug-likeness (QED) is 0.680. The third kappa shape index (κ3) is 4.31. The highest BCUT2D eigenvalue weighted by molar-refractivity contribution is 5.93. The highest BCUT2D eigenvalue weighted by atomic mass is 16.6. The number of anilines is 1. The first-order valence-corrected chi connectivity index (χ1v) is 10.00. The van der Waals surface area contributed by atoms with Gasteiger partial charge in [0.25, 0.3) is 0 Å². The molecule has 1 aromatic heterocycles. The summed E-state index contributed by atoms with van der Waals surface area (Å²) in [6.07, 6.45) is 0. The number of fused-ring (bicyclic) bond motifs is 1. The number of nitrogens with zero attached hydrogens (tertiary/aromatic N) is 3. The van der Waals surface area contributed by atoms with Crippen LogP contribution in [-0.4, -0.2) is 47.4 Å². The van der Waals surface area contributed by atoms with Gasteiger partial charge in [0.05, 0.1) is 29.3 Å². The summed E-state index contributed by atoms with van der Waals surface area (Å²) < 4.78 is 13.0. The molecule has 2 aromatic carbocycles. The van der Waals surface area contributed by atoms with Crippen LogP contribution in [0.25, 0.3) is 5.69 Å². The second-order valence-electron chi connectivity index (χ2n) is 7.49. The van der Waals surface area contributed by atoms with Gasteiger partial charge in [-0.15, -0.1) is 0 Å². The van der Waals surface area contributed by atoms with Crippen molar-refractivity contribution in [1.82, 2.24) is 14.7 Å².